The van der Waals surface area contributed by atoms with Gasteiger partial charge in [-0.2, -0.15) is 11.8 Å². The lowest BCUT2D eigenvalue weighted by Gasteiger charge is -2.21. The van der Waals surface area contributed by atoms with Crippen LogP contribution in [-0.2, 0) is 11.3 Å². The monoisotopic (exact) mass is 344 g/mol. The second-order valence-corrected chi connectivity index (χ2v) is 6.87. The molecule has 1 aromatic heterocycles. The van der Waals surface area contributed by atoms with E-state index in [2.05, 4.69) is 45.8 Å². The highest BCUT2D eigenvalue weighted by atomic mass is 32.2. The predicted octanol–water partition coefficient (Wildman–Crippen LogP) is 3.00. The van der Waals surface area contributed by atoms with Crippen LogP contribution in [0.3, 0.4) is 0 Å². The molecule has 0 aromatic carbocycles. The first-order valence-electron chi connectivity index (χ1n) is 7.57. The Balaban J connectivity index is 2.61. The summed E-state index contributed by atoms with van der Waals surface area (Å²) < 4.78 is 5.31. The highest BCUT2D eigenvalue weighted by Crippen LogP contribution is 2.20. The lowest BCUT2D eigenvalue weighted by atomic mass is 10.4. The van der Waals surface area contributed by atoms with Gasteiger partial charge in [-0.15, -0.1) is 11.3 Å². The Hall–Kier alpha value is -0.790. The van der Waals surface area contributed by atoms with E-state index < -0.39 is 0 Å². The summed E-state index contributed by atoms with van der Waals surface area (Å²) in [5, 5.41) is 6.46. The van der Waals surface area contributed by atoms with E-state index in [1.165, 1.54) is 0 Å². The summed E-state index contributed by atoms with van der Waals surface area (Å²) in [5.74, 6) is 2.09. The Morgan fingerprint density at radius 3 is 3.00 bits per heavy atom. The van der Waals surface area contributed by atoms with Gasteiger partial charge in [0, 0.05) is 32.6 Å². The van der Waals surface area contributed by atoms with Crippen molar-refractivity contribution in [1.82, 2.24) is 15.2 Å². The van der Waals surface area contributed by atoms with Gasteiger partial charge in [0.05, 0.1) is 12.2 Å². The van der Waals surface area contributed by atoms with E-state index in [0.717, 1.165) is 48.5 Å². The quantitative estimate of drug-likeness (QED) is 0.424. The molecule has 1 unspecified atom stereocenters. The standard InChI is InChI=1S/C15H28N4OS2/c1-6-16-15(17-8-7-9-21-5)19(3)10-13-11-22-14(18-13)12(2)20-4/h11-12H,6-10H2,1-5H3,(H,16,17). The third-order valence-electron chi connectivity index (χ3n) is 3.13. The second-order valence-electron chi connectivity index (χ2n) is 4.99. The average Bonchev–Trinajstić information content (AvgIpc) is 2.98. The van der Waals surface area contributed by atoms with Crippen LogP contribution in [-0.4, -0.2) is 55.1 Å². The van der Waals surface area contributed by atoms with Crippen LogP contribution in [0.15, 0.2) is 10.4 Å². The molecular weight excluding hydrogens is 316 g/mol. The molecule has 0 fully saturated rings. The van der Waals surface area contributed by atoms with Gasteiger partial charge < -0.3 is 15.0 Å². The Bertz CT molecular complexity index is 451. The number of hydrogen-bond acceptors (Lipinski definition) is 5. The lowest BCUT2D eigenvalue weighted by Crippen LogP contribution is -2.38. The van der Waals surface area contributed by atoms with Crippen LogP contribution in [0.25, 0.3) is 0 Å². The zero-order valence-corrected chi connectivity index (χ0v) is 15.9. The van der Waals surface area contributed by atoms with Gasteiger partial charge in [-0.1, -0.05) is 0 Å². The van der Waals surface area contributed by atoms with Crippen molar-refractivity contribution in [3.8, 4) is 0 Å². The van der Waals surface area contributed by atoms with Crippen molar-refractivity contribution in [3.63, 3.8) is 0 Å². The molecule has 1 N–H and O–H groups in total. The molecule has 7 heteroatoms. The third-order valence-corrected chi connectivity index (χ3v) is 4.89. The van der Waals surface area contributed by atoms with Crippen LogP contribution in [0.1, 0.15) is 37.1 Å². The molecule has 0 radical (unpaired) electrons. The van der Waals surface area contributed by atoms with Gasteiger partial charge in [-0.25, -0.2) is 4.98 Å². The number of nitrogens with one attached hydrogen (secondary N) is 1. The average molecular weight is 345 g/mol. The number of nitrogens with zero attached hydrogens (tertiary/aromatic N) is 3. The molecule has 1 atom stereocenters. The number of ether oxygens (including phenoxy) is 1. The molecule has 126 valence electrons. The maximum atomic E-state index is 5.31. The van der Waals surface area contributed by atoms with E-state index in [1.54, 1.807) is 18.4 Å². The highest BCUT2D eigenvalue weighted by Gasteiger charge is 2.12. The maximum absolute atomic E-state index is 5.31. The topological polar surface area (TPSA) is 49.8 Å². The number of aromatic nitrogens is 1. The van der Waals surface area contributed by atoms with E-state index in [9.17, 15) is 0 Å². The molecular formula is C15H28N4OS2. The minimum Gasteiger partial charge on any atom is -0.375 e. The normalized spacial score (nSPS) is 13.2. The summed E-state index contributed by atoms with van der Waals surface area (Å²) in [4.78, 5) is 11.4. The van der Waals surface area contributed by atoms with Crippen LogP contribution in [0, 0.1) is 0 Å². The van der Waals surface area contributed by atoms with E-state index >= 15 is 0 Å². The minimum atomic E-state index is 0.0532. The molecule has 0 saturated carbocycles. The molecule has 5 nitrogen and oxygen atoms in total. The van der Waals surface area contributed by atoms with Gasteiger partial charge >= 0.3 is 0 Å². The van der Waals surface area contributed by atoms with E-state index in [1.807, 2.05) is 18.7 Å². The molecule has 0 bridgehead atoms. The van der Waals surface area contributed by atoms with Crippen LogP contribution in [0.4, 0.5) is 0 Å². The summed E-state index contributed by atoms with van der Waals surface area (Å²) in [7, 11) is 3.76. The number of methoxy groups -OCH3 is 1. The molecule has 0 spiro atoms. The Morgan fingerprint density at radius 1 is 1.59 bits per heavy atom. The van der Waals surface area contributed by atoms with E-state index in [4.69, 9.17) is 4.74 Å². The Labute approximate surface area is 142 Å². The van der Waals surface area contributed by atoms with Crippen LogP contribution >= 0.6 is 23.1 Å². The van der Waals surface area contributed by atoms with Gasteiger partial charge in [0.25, 0.3) is 0 Å². The molecule has 22 heavy (non-hydrogen) atoms. The molecule has 0 aliphatic carbocycles. The van der Waals surface area contributed by atoms with Crippen molar-refractivity contribution in [2.24, 2.45) is 4.99 Å². The van der Waals surface area contributed by atoms with E-state index in [0.29, 0.717) is 0 Å². The SMILES string of the molecule is CCNC(=NCCCSC)N(C)Cc1csc(C(C)OC)n1. The van der Waals surface area contributed by atoms with Crippen molar-refractivity contribution in [2.45, 2.75) is 32.9 Å². The number of guanidine groups is 1. The van der Waals surface area contributed by atoms with Gasteiger partial charge in [-0.3, -0.25) is 4.99 Å². The number of thiazole rings is 1. The second kappa shape index (κ2) is 10.9. The first-order chi connectivity index (χ1) is 10.6. The molecule has 1 rings (SSSR count). The number of rotatable bonds is 9. The first kappa shape index (κ1) is 19.3. The highest BCUT2D eigenvalue weighted by molar-refractivity contribution is 7.98. The van der Waals surface area contributed by atoms with Crippen molar-refractivity contribution in [3.05, 3.63) is 16.1 Å². The van der Waals surface area contributed by atoms with E-state index in [-0.39, 0.29) is 6.10 Å². The molecule has 1 heterocycles. The van der Waals surface area contributed by atoms with Crippen molar-refractivity contribution in [1.29, 1.82) is 0 Å². The van der Waals surface area contributed by atoms with Gasteiger partial charge in [-0.05, 0) is 32.3 Å². The molecule has 0 saturated heterocycles. The van der Waals surface area contributed by atoms with Crippen LogP contribution in [0.2, 0.25) is 0 Å². The summed E-state index contributed by atoms with van der Waals surface area (Å²) in [6, 6.07) is 0. The molecule has 0 amide bonds. The first-order valence-corrected chi connectivity index (χ1v) is 9.85. The largest absolute Gasteiger partial charge is 0.375 e. The fourth-order valence-corrected chi connectivity index (χ4v) is 3.12. The lowest BCUT2D eigenvalue weighted by molar-refractivity contribution is 0.119. The van der Waals surface area contributed by atoms with Gasteiger partial charge in [0.1, 0.15) is 11.1 Å². The summed E-state index contributed by atoms with van der Waals surface area (Å²) in [6.45, 7) is 6.59. The Morgan fingerprint density at radius 2 is 2.36 bits per heavy atom. The fourth-order valence-electron chi connectivity index (χ4n) is 1.86. The van der Waals surface area contributed by atoms with Gasteiger partial charge in [0.15, 0.2) is 5.96 Å². The molecule has 0 aliphatic heterocycles. The molecule has 1 aromatic rings. The zero-order chi connectivity index (χ0) is 16.4. The summed E-state index contributed by atoms with van der Waals surface area (Å²) in [6.07, 6.45) is 3.29. The minimum absolute atomic E-state index is 0.0532. The summed E-state index contributed by atoms with van der Waals surface area (Å²) >= 11 is 3.51. The van der Waals surface area contributed by atoms with Gasteiger partial charge in [0.2, 0.25) is 0 Å². The number of aliphatic imine (C=N–C) groups is 1. The maximum Gasteiger partial charge on any atom is 0.194 e. The van der Waals surface area contributed by atoms with Crippen LogP contribution < -0.4 is 5.32 Å². The summed E-state index contributed by atoms with van der Waals surface area (Å²) in [5.41, 5.74) is 1.06. The molecule has 0 aliphatic rings. The Kier molecular flexibility index (Phi) is 9.50. The van der Waals surface area contributed by atoms with Crippen molar-refractivity contribution in [2.75, 3.05) is 39.3 Å². The fraction of sp³-hybridized carbons (Fsp3) is 0.733. The number of hydrogen-bond donors (Lipinski definition) is 1. The zero-order valence-electron chi connectivity index (χ0n) is 14.3. The van der Waals surface area contributed by atoms with Crippen molar-refractivity contribution >= 4 is 29.1 Å². The smallest absolute Gasteiger partial charge is 0.194 e. The number of thioether (sulfide) groups is 1. The predicted molar refractivity (Wildman–Crippen MR) is 98.0 cm³/mol. The van der Waals surface area contributed by atoms with Crippen molar-refractivity contribution < 1.29 is 4.74 Å². The van der Waals surface area contributed by atoms with Crippen LogP contribution in [0.5, 0.6) is 0 Å². The third kappa shape index (κ3) is 6.54.